The smallest absolute Gasteiger partial charge is 0.306 e. The highest BCUT2D eigenvalue weighted by Crippen LogP contribution is 2.20. The van der Waals surface area contributed by atoms with E-state index in [1.54, 1.807) is 0 Å². The van der Waals surface area contributed by atoms with Gasteiger partial charge in [0.1, 0.15) is 13.2 Å². The summed E-state index contributed by atoms with van der Waals surface area (Å²) in [5, 5.41) is 11.9. The molecule has 0 radical (unpaired) electrons. The van der Waals surface area contributed by atoms with Crippen LogP contribution < -0.4 is 5.11 Å². The van der Waals surface area contributed by atoms with Crippen LogP contribution >= 0.6 is 0 Å². The summed E-state index contributed by atoms with van der Waals surface area (Å²) in [5.41, 5.74) is 0. The molecule has 0 saturated heterocycles. The molecule has 0 fully saturated rings. The molecule has 2 unspecified atom stereocenters. The molecule has 0 aromatic heterocycles. The van der Waals surface area contributed by atoms with Crippen LogP contribution in [-0.4, -0.2) is 82.3 Å². The molecule has 0 saturated carbocycles. The first-order chi connectivity index (χ1) is 46.6. The van der Waals surface area contributed by atoms with Gasteiger partial charge in [-0.3, -0.25) is 9.59 Å². The van der Waals surface area contributed by atoms with Crippen molar-refractivity contribution in [3.05, 3.63) is 48.6 Å². The summed E-state index contributed by atoms with van der Waals surface area (Å²) in [7, 11) is 5.95. The number of aliphatic carboxylic acids is 1. The number of ether oxygens (including phenoxy) is 4. The van der Waals surface area contributed by atoms with Gasteiger partial charge in [0, 0.05) is 12.8 Å². The normalized spacial score (nSPS) is 12.8. The third-order valence-corrected chi connectivity index (χ3v) is 19.0. The van der Waals surface area contributed by atoms with Gasteiger partial charge in [-0.25, -0.2) is 0 Å². The van der Waals surface area contributed by atoms with Crippen LogP contribution in [0.4, 0.5) is 0 Å². The van der Waals surface area contributed by atoms with Gasteiger partial charge >= 0.3 is 11.9 Å². The van der Waals surface area contributed by atoms with Crippen molar-refractivity contribution in [2.45, 2.75) is 437 Å². The fraction of sp³-hybridized carbons (Fsp3) is 0.872. The summed E-state index contributed by atoms with van der Waals surface area (Å²) >= 11 is 0. The van der Waals surface area contributed by atoms with Gasteiger partial charge in [0.15, 0.2) is 12.4 Å². The van der Waals surface area contributed by atoms with Gasteiger partial charge in [-0.05, 0) is 77.0 Å². The first-order valence-electron chi connectivity index (χ1n) is 41.8. The molecule has 0 aliphatic heterocycles. The van der Waals surface area contributed by atoms with E-state index in [-0.39, 0.29) is 32.2 Å². The molecule has 0 aromatic rings. The summed E-state index contributed by atoms with van der Waals surface area (Å²) in [4.78, 5) is 37.6. The summed E-state index contributed by atoms with van der Waals surface area (Å²) in [6, 6.07) is 0. The van der Waals surface area contributed by atoms with Gasteiger partial charge in [-0.15, -0.1) is 0 Å². The Morgan fingerprint density at radius 2 is 0.568 bits per heavy atom. The van der Waals surface area contributed by atoms with Crippen LogP contribution in [0.1, 0.15) is 425 Å². The number of carbonyl (C=O) groups is 3. The predicted molar refractivity (Wildman–Crippen MR) is 408 cm³/mol. The minimum absolute atomic E-state index is 0.151. The molecule has 0 aromatic carbocycles. The SMILES string of the molecule is CCCCCCC/C=C\C/C=C\C/C=C\CCCCCCCCCCCCCCCCCCCCCCCCCCCCC(=O)OC(COC(=O)CCCCCCCCCCCCCCCCCCC/C=C\CCCCCCCCCC)COC(OCC[N+](C)(C)C)C(=O)[O-]. The van der Waals surface area contributed by atoms with Crippen LogP contribution in [0.15, 0.2) is 48.6 Å². The van der Waals surface area contributed by atoms with Crippen molar-refractivity contribution >= 4 is 17.9 Å². The van der Waals surface area contributed by atoms with Crippen LogP contribution in [0.25, 0.3) is 0 Å². The number of carbonyl (C=O) groups excluding carboxylic acids is 3. The minimum Gasteiger partial charge on any atom is -0.545 e. The first kappa shape index (κ1) is 92.2. The number of rotatable bonds is 79. The molecule has 95 heavy (non-hydrogen) atoms. The third kappa shape index (κ3) is 78.5. The molecule has 9 heteroatoms. The zero-order valence-corrected chi connectivity index (χ0v) is 64.1. The standard InChI is InChI=1S/C86H161NO8/c1-6-8-10-12-14-16-18-20-22-24-26-28-30-32-34-36-37-38-39-40-41-42-43-44-45-46-47-49-51-53-55-57-59-61-63-65-67-69-71-73-75-77-84(89)95-82(81-94-86(85(90)91)92-79-78-87(3,4)5)80-93-83(88)76-74-72-70-68-66-64-62-60-58-56-54-52-50-48-35-33-31-29-27-25-23-21-19-17-15-13-11-9-7-2/h18,20,24-27,30,32,82,86H,6-17,19,21-23,28-29,31,33-81H2,1-5H3/b20-18-,26-24-,27-25-,32-30-. The lowest BCUT2D eigenvalue weighted by molar-refractivity contribution is -0.870. The number of quaternary nitrogens is 1. The van der Waals surface area contributed by atoms with Gasteiger partial charge in [0.2, 0.25) is 0 Å². The number of carboxylic acids is 1. The number of hydrogen-bond donors (Lipinski definition) is 0. The zero-order valence-electron chi connectivity index (χ0n) is 64.1. The summed E-state index contributed by atoms with van der Waals surface area (Å²) < 4.78 is 22.9. The maximum absolute atomic E-state index is 13.0. The van der Waals surface area contributed by atoms with Gasteiger partial charge in [-0.1, -0.05) is 383 Å². The Labute approximate surface area is 591 Å². The topological polar surface area (TPSA) is 111 Å². The number of unbranched alkanes of at least 4 members (excludes halogenated alkanes) is 56. The van der Waals surface area contributed by atoms with E-state index in [1.807, 2.05) is 21.1 Å². The fourth-order valence-corrected chi connectivity index (χ4v) is 12.7. The number of allylic oxidation sites excluding steroid dienone is 8. The Balaban J connectivity index is 3.93. The lowest BCUT2D eigenvalue weighted by Gasteiger charge is -2.26. The molecule has 9 nitrogen and oxygen atoms in total. The number of nitrogens with zero attached hydrogens (tertiary/aromatic N) is 1. The van der Waals surface area contributed by atoms with Crippen LogP contribution in [0.5, 0.6) is 0 Å². The van der Waals surface area contributed by atoms with E-state index in [4.69, 9.17) is 18.9 Å². The maximum Gasteiger partial charge on any atom is 0.306 e. The average molecular weight is 1340 g/mol. The number of carboxylic acid groups (broad SMARTS) is 1. The van der Waals surface area contributed by atoms with Crippen LogP contribution in [0.2, 0.25) is 0 Å². The second-order valence-corrected chi connectivity index (χ2v) is 29.8. The molecule has 0 rings (SSSR count). The highest BCUT2D eigenvalue weighted by atomic mass is 16.7. The molecular formula is C86H161NO8. The molecule has 2 atom stereocenters. The fourth-order valence-electron chi connectivity index (χ4n) is 12.7. The Morgan fingerprint density at radius 3 is 0.853 bits per heavy atom. The lowest BCUT2D eigenvalue weighted by Crippen LogP contribution is -2.44. The van der Waals surface area contributed by atoms with E-state index >= 15 is 0 Å². The largest absolute Gasteiger partial charge is 0.545 e. The maximum atomic E-state index is 13.0. The molecule has 0 amide bonds. The van der Waals surface area contributed by atoms with Gasteiger partial charge in [-0.2, -0.15) is 0 Å². The quantitative estimate of drug-likeness (QED) is 0.0195. The van der Waals surface area contributed by atoms with Gasteiger partial charge in [0.25, 0.3) is 0 Å². The summed E-state index contributed by atoms with van der Waals surface area (Å²) in [6.45, 7) is 4.81. The molecule has 558 valence electrons. The molecule has 0 aliphatic carbocycles. The van der Waals surface area contributed by atoms with E-state index in [0.717, 1.165) is 51.4 Å². The number of likely N-dealkylation sites (N-methyl/N-ethyl adjacent to an activating group) is 1. The summed E-state index contributed by atoms with van der Waals surface area (Å²) in [5.74, 6) is -2.25. The Hall–Kier alpha value is -2.75. The second kappa shape index (κ2) is 77.0. The second-order valence-electron chi connectivity index (χ2n) is 29.8. The minimum atomic E-state index is -1.62. The predicted octanol–water partition coefficient (Wildman–Crippen LogP) is 25.5. The Bertz CT molecular complexity index is 1700. The van der Waals surface area contributed by atoms with Crippen molar-refractivity contribution in [1.82, 2.24) is 0 Å². The Kier molecular flexibility index (Phi) is 74.8. The van der Waals surface area contributed by atoms with Crippen LogP contribution in [0, 0.1) is 0 Å². The van der Waals surface area contributed by atoms with Crippen molar-refractivity contribution in [3.63, 3.8) is 0 Å². The Morgan fingerprint density at radius 1 is 0.316 bits per heavy atom. The molecule has 0 spiro atoms. The average Bonchev–Trinajstić information content (AvgIpc) is 3.54. The van der Waals surface area contributed by atoms with Gasteiger partial charge in [0.05, 0.1) is 40.3 Å². The van der Waals surface area contributed by atoms with Crippen molar-refractivity contribution in [1.29, 1.82) is 0 Å². The van der Waals surface area contributed by atoms with Crippen molar-refractivity contribution < 1.29 is 42.9 Å². The van der Waals surface area contributed by atoms with E-state index < -0.39 is 24.3 Å². The highest BCUT2D eigenvalue weighted by molar-refractivity contribution is 5.70. The van der Waals surface area contributed by atoms with Crippen LogP contribution in [-0.2, 0) is 33.3 Å². The highest BCUT2D eigenvalue weighted by Gasteiger charge is 2.22. The van der Waals surface area contributed by atoms with E-state index in [9.17, 15) is 19.5 Å². The van der Waals surface area contributed by atoms with Crippen molar-refractivity contribution in [2.24, 2.45) is 0 Å². The zero-order chi connectivity index (χ0) is 69.0. The third-order valence-electron chi connectivity index (χ3n) is 19.0. The molecule has 0 N–H and O–H groups in total. The molecule has 0 aliphatic rings. The lowest BCUT2D eigenvalue weighted by atomic mass is 10.0. The number of hydrogen-bond acceptors (Lipinski definition) is 8. The molecule has 0 heterocycles. The van der Waals surface area contributed by atoms with E-state index in [0.29, 0.717) is 17.4 Å². The molecular weight excluding hydrogens is 1170 g/mol. The summed E-state index contributed by atoms with van der Waals surface area (Å²) in [6.07, 6.45) is 98.3. The monoisotopic (exact) mass is 1340 g/mol. The van der Waals surface area contributed by atoms with E-state index in [1.165, 1.54) is 347 Å². The van der Waals surface area contributed by atoms with Crippen LogP contribution in [0.3, 0.4) is 0 Å². The molecule has 0 bridgehead atoms. The van der Waals surface area contributed by atoms with E-state index in [2.05, 4.69) is 62.5 Å². The van der Waals surface area contributed by atoms with Crippen molar-refractivity contribution in [3.8, 4) is 0 Å². The first-order valence-corrected chi connectivity index (χ1v) is 41.8. The van der Waals surface area contributed by atoms with Gasteiger partial charge < -0.3 is 33.3 Å². The number of esters is 2. The van der Waals surface area contributed by atoms with Crippen molar-refractivity contribution in [2.75, 3.05) is 47.5 Å².